The standard InChI is InChI=1S/C15H23NO3/c1-15(16-2,14(17)18)10-12-19-11-6-9-13-7-4-3-5-8-13/h3-5,7-8,16H,6,9-12H2,1-2H3,(H,17,18). The molecule has 1 aromatic rings. The number of aryl methyl sites for hydroxylation is 1. The van der Waals surface area contributed by atoms with Crippen molar-refractivity contribution in [1.82, 2.24) is 5.32 Å². The average Bonchev–Trinajstić information content (AvgIpc) is 2.43. The van der Waals surface area contributed by atoms with Crippen LogP contribution in [-0.2, 0) is 16.0 Å². The molecule has 0 bridgehead atoms. The van der Waals surface area contributed by atoms with Crippen molar-refractivity contribution in [2.45, 2.75) is 31.7 Å². The summed E-state index contributed by atoms with van der Waals surface area (Å²) < 4.78 is 5.50. The minimum Gasteiger partial charge on any atom is -0.480 e. The van der Waals surface area contributed by atoms with Gasteiger partial charge in [-0.3, -0.25) is 4.79 Å². The lowest BCUT2D eigenvalue weighted by Crippen LogP contribution is -2.48. The van der Waals surface area contributed by atoms with E-state index in [0.29, 0.717) is 19.6 Å². The molecule has 0 aliphatic heterocycles. The van der Waals surface area contributed by atoms with Gasteiger partial charge >= 0.3 is 5.97 Å². The zero-order valence-corrected chi connectivity index (χ0v) is 11.7. The SMILES string of the molecule is CNC(C)(CCOCCCc1ccccc1)C(=O)O. The molecule has 1 aromatic carbocycles. The van der Waals surface area contributed by atoms with Gasteiger partial charge in [0, 0.05) is 13.2 Å². The smallest absolute Gasteiger partial charge is 0.323 e. The third-order valence-corrected chi connectivity index (χ3v) is 3.37. The first-order chi connectivity index (χ1) is 9.08. The molecule has 4 heteroatoms. The van der Waals surface area contributed by atoms with Crippen LogP contribution in [0.2, 0.25) is 0 Å². The summed E-state index contributed by atoms with van der Waals surface area (Å²) >= 11 is 0. The predicted molar refractivity (Wildman–Crippen MR) is 75.3 cm³/mol. The molecule has 4 nitrogen and oxygen atoms in total. The summed E-state index contributed by atoms with van der Waals surface area (Å²) in [6.45, 7) is 2.79. The summed E-state index contributed by atoms with van der Waals surface area (Å²) in [6, 6.07) is 10.3. The van der Waals surface area contributed by atoms with Gasteiger partial charge in [-0.05, 0) is 38.8 Å². The number of hydrogen-bond acceptors (Lipinski definition) is 3. The van der Waals surface area contributed by atoms with Crippen molar-refractivity contribution in [3.63, 3.8) is 0 Å². The van der Waals surface area contributed by atoms with Gasteiger partial charge in [0.05, 0.1) is 0 Å². The Hall–Kier alpha value is -1.39. The third-order valence-electron chi connectivity index (χ3n) is 3.37. The van der Waals surface area contributed by atoms with Gasteiger partial charge in [-0.1, -0.05) is 30.3 Å². The Balaban J connectivity index is 2.13. The van der Waals surface area contributed by atoms with Gasteiger partial charge in [0.25, 0.3) is 0 Å². The summed E-state index contributed by atoms with van der Waals surface area (Å²) in [4.78, 5) is 11.0. The van der Waals surface area contributed by atoms with Crippen LogP contribution in [0.5, 0.6) is 0 Å². The van der Waals surface area contributed by atoms with Crippen molar-refractivity contribution < 1.29 is 14.6 Å². The lowest BCUT2D eigenvalue weighted by molar-refractivity contribution is -0.144. The Labute approximate surface area is 114 Å². The van der Waals surface area contributed by atoms with Crippen molar-refractivity contribution >= 4 is 5.97 Å². The Morgan fingerprint density at radius 1 is 1.32 bits per heavy atom. The normalized spacial score (nSPS) is 14.0. The van der Waals surface area contributed by atoms with Crippen LogP contribution in [0.1, 0.15) is 25.3 Å². The van der Waals surface area contributed by atoms with Crippen molar-refractivity contribution in [1.29, 1.82) is 0 Å². The molecule has 0 heterocycles. The van der Waals surface area contributed by atoms with E-state index < -0.39 is 11.5 Å². The first-order valence-electron chi connectivity index (χ1n) is 6.62. The maximum Gasteiger partial charge on any atom is 0.323 e. The summed E-state index contributed by atoms with van der Waals surface area (Å²) in [5, 5.41) is 11.9. The van der Waals surface area contributed by atoms with Crippen LogP contribution in [0.3, 0.4) is 0 Å². The average molecular weight is 265 g/mol. The van der Waals surface area contributed by atoms with Crippen molar-refractivity contribution in [2.75, 3.05) is 20.3 Å². The summed E-state index contributed by atoms with van der Waals surface area (Å²) in [7, 11) is 1.66. The second-order valence-electron chi connectivity index (χ2n) is 4.84. The van der Waals surface area contributed by atoms with Gasteiger partial charge in [-0.2, -0.15) is 0 Å². The summed E-state index contributed by atoms with van der Waals surface area (Å²) in [5.74, 6) is -0.845. The molecule has 0 amide bonds. The van der Waals surface area contributed by atoms with E-state index in [-0.39, 0.29) is 0 Å². The summed E-state index contributed by atoms with van der Waals surface area (Å²) in [5.41, 5.74) is 0.399. The van der Waals surface area contributed by atoms with Crippen LogP contribution in [0.4, 0.5) is 0 Å². The number of rotatable bonds is 9. The zero-order valence-electron chi connectivity index (χ0n) is 11.7. The molecular weight excluding hydrogens is 242 g/mol. The molecule has 0 aliphatic rings. The first kappa shape index (κ1) is 15.7. The molecule has 1 unspecified atom stereocenters. The third kappa shape index (κ3) is 5.41. The van der Waals surface area contributed by atoms with Gasteiger partial charge in [0.2, 0.25) is 0 Å². The number of aliphatic carboxylic acids is 1. The second kappa shape index (κ2) is 7.92. The van der Waals surface area contributed by atoms with Gasteiger partial charge in [-0.25, -0.2) is 0 Å². The highest BCUT2D eigenvalue weighted by Crippen LogP contribution is 2.09. The number of hydrogen-bond donors (Lipinski definition) is 2. The van der Waals surface area contributed by atoms with Gasteiger partial charge < -0.3 is 15.2 Å². The molecule has 0 saturated carbocycles. The minimum absolute atomic E-state index is 0.457. The fourth-order valence-electron chi connectivity index (χ4n) is 1.74. The number of carboxylic acid groups (broad SMARTS) is 1. The molecule has 1 rings (SSSR count). The van der Waals surface area contributed by atoms with E-state index in [0.717, 1.165) is 12.8 Å². The number of carboxylic acids is 1. The van der Waals surface area contributed by atoms with Crippen molar-refractivity contribution in [3.05, 3.63) is 35.9 Å². The van der Waals surface area contributed by atoms with Crippen LogP contribution in [0, 0.1) is 0 Å². The lowest BCUT2D eigenvalue weighted by atomic mass is 9.99. The Morgan fingerprint density at radius 2 is 2.00 bits per heavy atom. The molecule has 0 radical (unpaired) electrons. The van der Waals surface area contributed by atoms with Crippen LogP contribution in [0.25, 0.3) is 0 Å². The quantitative estimate of drug-likeness (QED) is 0.671. The van der Waals surface area contributed by atoms with Crippen LogP contribution < -0.4 is 5.32 Å². The number of carbonyl (C=O) groups is 1. The Bertz CT molecular complexity index is 380. The maximum atomic E-state index is 11.0. The van der Waals surface area contributed by atoms with E-state index in [1.165, 1.54) is 5.56 Å². The van der Waals surface area contributed by atoms with E-state index in [9.17, 15) is 4.79 Å². The van der Waals surface area contributed by atoms with Crippen LogP contribution in [-0.4, -0.2) is 36.9 Å². The van der Waals surface area contributed by atoms with E-state index in [1.54, 1.807) is 14.0 Å². The Morgan fingerprint density at radius 3 is 2.58 bits per heavy atom. The van der Waals surface area contributed by atoms with Crippen LogP contribution in [0.15, 0.2) is 30.3 Å². The van der Waals surface area contributed by atoms with Gasteiger partial charge in [-0.15, -0.1) is 0 Å². The molecule has 106 valence electrons. The number of nitrogens with one attached hydrogen (secondary N) is 1. The van der Waals surface area contributed by atoms with E-state index in [4.69, 9.17) is 9.84 Å². The lowest BCUT2D eigenvalue weighted by Gasteiger charge is -2.23. The highest BCUT2D eigenvalue weighted by Gasteiger charge is 2.30. The number of likely N-dealkylation sites (N-methyl/N-ethyl adjacent to an activating group) is 1. The molecule has 1 atom stereocenters. The first-order valence-corrected chi connectivity index (χ1v) is 6.62. The topological polar surface area (TPSA) is 58.6 Å². The monoisotopic (exact) mass is 265 g/mol. The zero-order chi connectivity index (χ0) is 14.1. The molecule has 19 heavy (non-hydrogen) atoms. The molecular formula is C15H23NO3. The summed E-state index contributed by atoms with van der Waals surface area (Å²) in [6.07, 6.45) is 2.40. The van der Waals surface area contributed by atoms with Crippen molar-refractivity contribution in [2.24, 2.45) is 0 Å². The molecule has 0 fully saturated rings. The number of ether oxygens (including phenoxy) is 1. The molecule has 0 aromatic heterocycles. The Kier molecular flexibility index (Phi) is 6.53. The van der Waals surface area contributed by atoms with Crippen LogP contribution >= 0.6 is 0 Å². The van der Waals surface area contributed by atoms with Crippen molar-refractivity contribution in [3.8, 4) is 0 Å². The van der Waals surface area contributed by atoms with Gasteiger partial charge in [0.1, 0.15) is 5.54 Å². The van der Waals surface area contributed by atoms with E-state index >= 15 is 0 Å². The maximum absolute atomic E-state index is 11.0. The predicted octanol–water partition coefficient (Wildman–Crippen LogP) is 2.09. The fraction of sp³-hybridized carbons (Fsp3) is 0.533. The molecule has 0 spiro atoms. The van der Waals surface area contributed by atoms with E-state index in [1.807, 2.05) is 18.2 Å². The number of benzene rings is 1. The molecule has 0 saturated heterocycles. The molecule has 0 aliphatic carbocycles. The highest BCUT2D eigenvalue weighted by atomic mass is 16.5. The molecule has 2 N–H and O–H groups in total. The van der Waals surface area contributed by atoms with Gasteiger partial charge in [0.15, 0.2) is 0 Å². The fourth-order valence-corrected chi connectivity index (χ4v) is 1.74. The largest absolute Gasteiger partial charge is 0.480 e. The second-order valence-corrected chi connectivity index (χ2v) is 4.84. The van der Waals surface area contributed by atoms with E-state index in [2.05, 4.69) is 17.4 Å². The minimum atomic E-state index is -0.903. The highest BCUT2D eigenvalue weighted by molar-refractivity contribution is 5.78.